The molecule has 0 bridgehead atoms. The second kappa shape index (κ2) is 7.26. The van der Waals surface area contributed by atoms with Crippen molar-refractivity contribution in [3.8, 4) is 0 Å². The standard InChI is InChI=1S/C15H20N4OS/c1-2-3-4-10-5-7-11(8-6-10)9-12-13(20)18-15(21-12)19-14(16)17/h5-8,12H,2-4,9H2,1H3,(H4,16,17,18,19,20). The number of thioether (sulfide) groups is 1. The SMILES string of the molecule is CCCCc1ccc(CC2SC(N=C(N)N)=NC2=O)cc1. The van der Waals surface area contributed by atoms with Crippen molar-refractivity contribution in [2.75, 3.05) is 0 Å². The minimum atomic E-state index is -0.232. The Labute approximate surface area is 128 Å². The summed E-state index contributed by atoms with van der Waals surface area (Å²) in [4.78, 5) is 19.5. The summed E-state index contributed by atoms with van der Waals surface area (Å²) in [5.74, 6) is -0.245. The van der Waals surface area contributed by atoms with Crippen LogP contribution in [-0.4, -0.2) is 22.3 Å². The van der Waals surface area contributed by atoms with Crippen LogP contribution in [-0.2, 0) is 17.6 Å². The minimum absolute atomic E-state index is 0.0741. The predicted octanol–water partition coefficient (Wildman–Crippen LogP) is 1.84. The van der Waals surface area contributed by atoms with Crippen molar-refractivity contribution in [3.63, 3.8) is 0 Å². The topological polar surface area (TPSA) is 93.8 Å². The van der Waals surface area contributed by atoms with Crippen LogP contribution in [0.1, 0.15) is 30.9 Å². The fourth-order valence-corrected chi connectivity index (χ4v) is 3.08. The number of carbonyl (C=O) groups is 1. The van der Waals surface area contributed by atoms with E-state index in [1.165, 1.54) is 30.2 Å². The number of guanidine groups is 1. The van der Waals surface area contributed by atoms with Gasteiger partial charge in [-0.1, -0.05) is 49.4 Å². The van der Waals surface area contributed by atoms with Gasteiger partial charge in [-0.05, 0) is 30.4 Å². The number of benzene rings is 1. The molecular weight excluding hydrogens is 284 g/mol. The number of hydrogen-bond donors (Lipinski definition) is 2. The third-order valence-electron chi connectivity index (χ3n) is 3.22. The number of aliphatic imine (C=N–C) groups is 2. The van der Waals surface area contributed by atoms with E-state index < -0.39 is 0 Å². The van der Waals surface area contributed by atoms with Gasteiger partial charge in [0.05, 0.1) is 5.25 Å². The third kappa shape index (κ3) is 4.60. The molecule has 0 aromatic heterocycles. The van der Waals surface area contributed by atoms with Crippen LogP contribution in [0, 0.1) is 0 Å². The molecule has 21 heavy (non-hydrogen) atoms. The highest BCUT2D eigenvalue weighted by molar-refractivity contribution is 8.15. The molecule has 5 nitrogen and oxygen atoms in total. The van der Waals surface area contributed by atoms with E-state index in [1.54, 1.807) is 0 Å². The van der Waals surface area contributed by atoms with E-state index in [4.69, 9.17) is 11.5 Å². The molecule has 0 aliphatic carbocycles. The quantitative estimate of drug-likeness (QED) is 0.641. The van der Waals surface area contributed by atoms with Gasteiger partial charge in [0.15, 0.2) is 11.1 Å². The molecule has 4 N–H and O–H groups in total. The highest BCUT2D eigenvalue weighted by Crippen LogP contribution is 2.26. The first kappa shape index (κ1) is 15.6. The number of unbranched alkanes of at least 4 members (excludes halogenated alkanes) is 1. The second-order valence-electron chi connectivity index (χ2n) is 5.00. The first-order valence-electron chi connectivity index (χ1n) is 7.05. The summed E-state index contributed by atoms with van der Waals surface area (Å²) in [5.41, 5.74) is 13.1. The predicted molar refractivity (Wildman–Crippen MR) is 88.4 cm³/mol. The molecule has 1 unspecified atom stereocenters. The number of amides is 1. The van der Waals surface area contributed by atoms with E-state index >= 15 is 0 Å². The first-order chi connectivity index (χ1) is 10.1. The monoisotopic (exact) mass is 304 g/mol. The number of nitrogens with zero attached hydrogens (tertiary/aromatic N) is 2. The normalized spacial score (nSPS) is 17.7. The number of aryl methyl sites for hydroxylation is 1. The Morgan fingerprint density at radius 1 is 1.29 bits per heavy atom. The molecule has 1 aromatic rings. The molecule has 112 valence electrons. The van der Waals surface area contributed by atoms with E-state index in [1.807, 2.05) is 0 Å². The Hall–Kier alpha value is -1.82. The van der Waals surface area contributed by atoms with Gasteiger partial charge in [0, 0.05) is 0 Å². The van der Waals surface area contributed by atoms with Crippen LogP contribution in [0.3, 0.4) is 0 Å². The lowest BCUT2D eigenvalue weighted by Crippen LogP contribution is -2.23. The Morgan fingerprint density at radius 2 is 1.95 bits per heavy atom. The van der Waals surface area contributed by atoms with Gasteiger partial charge >= 0.3 is 0 Å². The fourth-order valence-electron chi connectivity index (χ4n) is 2.10. The summed E-state index contributed by atoms with van der Waals surface area (Å²) in [6.07, 6.45) is 4.14. The smallest absolute Gasteiger partial charge is 0.262 e. The van der Waals surface area contributed by atoms with Crippen molar-refractivity contribution in [1.29, 1.82) is 0 Å². The maximum atomic E-state index is 11.8. The minimum Gasteiger partial charge on any atom is -0.370 e. The van der Waals surface area contributed by atoms with Gasteiger partial charge < -0.3 is 11.5 Å². The molecule has 1 heterocycles. The number of carbonyl (C=O) groups excluding carboxylic acids is 1. The van der Waals surface area contributed by atoms with Crippen molar-refractivity contribution in [2.24, 2.45) is 21.5 Å². The molecule has 1 aliphatic rings. The van der Waals surface area contributed by atoms with Crippen molar-refractivity contribution >= 4 is 28.8 Å². The molecule has 0 radical (unpaired) electrons. The third-order valence-corrected chi connectivity index (χ3v) is 4.26. The van der Waals surface area contributed by atoms with E-state index in [-0.39, 0.29) is 17.1 Å². The molecule has 0 spiro atoms. The highest BCUT2D eigenvalue weighted by atomic mass is 32.2. The van der Waals surface area contributed by atoms with Crippen LogP contribution < -0.4 is 11.5 Å². The largest absolute Gasteiger partial charge is 0.370 e. The maximum absolute atomic E-state index is 11.8. The van der Waals surface area contributed by atoms with Crippen molar-refractivity contribution < 1.29 is 4.79 Å². The lowest BCUT2D eigenvalue weighted by molar-refractivity contribution is -0.117. The van der Waals surface area contributed by atoms with Crippen LogP contribution in [0.5, 0.6) is 0 Å². The van der Waals surface area contributed by atoms with Gasteiger partial charge in [0.2, 0.25) is 0 Å². The Balaban J connectivity index is 1.94. The van der Waals surface area contributed by atoms with Gasteiger partial charge in [-0.3, -0.25) is 4.79 Å². The number of hydrogen-bond acceptors (Lipinski definition) is 3. The molecule has 0 fully saturated rings. The van der Waals surface area contributed by atoms with Crippen LogP contribution in [0.2, 0.25) is 0 Å². The van der Waals surface area contributed by atoms with Crippen molar-refractivity contribution in [3.05, 3.63) is 35.4 Å². The lowest BCUT2D eigenvalue weighted by Gasteiger charge is -2.07. The molecule has 1 amide bonds. The number of amidine groups is 1. The summed E-state index contributed by atoms with van der Waals surface area (Å²) in [6, 6.07) is 8.43. The zero-order valence-electron chi connectivity index (χ0n) is 12.1. The van der Waals surface area contributed by atoms with Gasteiger partial charge in [-0.2, -0.15) is 9.98 Å². The molecular formula is C15H20N4OS. The van der Waals surface area contributed by atoms with Gasteiger partial charge in [0.1, 0.15) is 0 Å². The van der Waals surface area contributed by atoms with E-state index in [0.29, 0.717) is 11.6 Å². The fraction of sp³-hybridized carbons (Fsp3) is 0.400. The summed E-state index contributed by atoms with van der Waals surface area (Å²) in [6.45, 7) is 2.19. The van der Waals surface area contributed by atoms with Crippen LogP contribution in [0.25, 0.3) is 0 Å². The van der Waals surface area contributed by atoms with E-state index in [0.717, 1.165) is 12.0 Å². The van der Waals surface area contributed by atoms with Crippen LogP contribution >= 0.6 is 11.8 Å². The summed E-state index contributed by atoms with van der Waals surface area (Å²) in [5, 5.41) is 0.120. The molecule has 2 rings (SSSR count). The molecule has 1 aromatic carbocycles. The maximum Gasteiger partial charge on any atom is 0.262 e. The average Bonchev–Trinajstić information content (AvgIpc) is 2.77. The van der Waals surface area contributed by atoms with Crippen molar-refractivity contribution in [1.82, 2.24) is 0 Å². The van der Waals surface area contributed by atoms with Gasteiger partial charge in [-0.15, -0.1) is 0 Å². The lowest BCUT2D eigenvalue weighted by atomic mass is 10.0. The molecule has 0 saturated heterocycles. The number of nitrogens with two attached hydrogens (primary N) is 2. The van der Waals surface area contributed by atoms with E-state index in [9.17, 15) is 4.79 Å². The van der Waals surface area contributed by atoms with Gasteiger partial charge in [0.25, 0.3) is 5.91 Å². The molecule has 1 aliphatic heterocycles. The first-order valence-corrected chi connectivity index (χ1v) is 7.93. The summed E-state index contributed by atoms with van der Waals surface area (Å²) >= 11 is 1.31. The van der Waals surface area contributed by atoms with Crippen molar-refractivity contribution in [2.45, 2.75) is 37.9 Å². The van der Waals surface area contributed by atoms with E-state index in [2.05, 4.69) is 41.2 Å². The summed E-state index contributed by atoms with van der Waals surface area (Å²) < 4.78 is 0. The van der Waals surface area contributed by atoms with Crippen LogP contribution in [0.15, 0.2) is 34.3 Å². The molecule has 1 atom stereocenters. The second-order valence-corrected chi connectivity index (χ2v) is 6.17. The number of rotatable bonds is 5. The Morgan fingerprint density at radius 3 is 2.57 bits per heavy atom. The zero-order valence-corrected chi connectivity index (χ0v) is 12.9. The zero-order chi connectivity index (χ0) is 15.2. The Kier molecular flexibility index (Phi) is 5.38. The highest BCUT2D eigenvalue weighted by Gasteiger charge is 2.28. The Bertz CT molecular complexity index is 562. The van der Waals surface area contributed by atoms with Crippen LogP contribution in [0.4, 0.5) is 0 Å². The average molecular weight is 304 g/mol. The summed E-state index contributed by atoms with van der Waals surface area (Å²) in [7, 11) is 0. The van der Waals surface area contributed by atoms with Gasteiger partial charge in [-0.25, -0.2) is 0 Å². The molecule has 0 saturated carbocycles. The molecule has 6 heteroatoms.